The molecule has 5 nitrogen and oxygen atoms in total. The molecule has 0 heterocycles. The number of benzene rings is 2. The molecule has 0 unspecified atom stereocenters. The topological polar surface area (TPSA) is 71.2 Å². The lowest BCUT2D eigenvalue weighted by Gasteiger charge is -2.03. The van der Waals surface area contributed by atoms with E-state index in [1.54, 1.807) is 50.2 Å². The largest absolute Gasteiger partial charge is 0.507 e. The number of carbonyl (C=O) groups excluding carboxylic acids is 1. The predicted octanol–water partition coefficient (Wildman–Crippen LogP) is 4.21. The number of hydrogen-bond donors (Lipinski definition) is 1. The summed E-state index contributed by atoms with van der Waals surface area (Å²) in [6.07, 6.45) is 0. The lowest BCUT2D eigenvalue weighted by Crippen LogP contribution is -1.99. The lowest BCUT2D eigenvalue weighted by molar-refractivity contribution is 0.0601. The van der Waals surface area contributed by atoms with Crippen molar-refractivity contribution in [3.63, 3.8) is 0 Å². The highest BCUT2D eigenvalue weighted by molar-refractivity contribution is 5.90. The Kier molecular flexibility index (Phi) is 4.33. The molecule has 5 heteroatoms. The minimum atomic E-state index is -0.414. The Labute approximate surface area is 122 Å². The van der Waals surface area contributed by atoms with Crippen LogP contribution in [0.1, 0.15) is 21.5 Å². The molecule has 0 aliphatic carbocycles. The van der Waals surface area contributed by atoms with Crippen LogP contribution in [0.4, 0.5) is 11.4 Å². The summed E-state index contributed by atoms with van der Waals surface area (Å²) in [5, 5.41) is 17.9. The fraction of sp³-hybridized carbons (Fsp3) is 0.188. The maximum Gasteiger partial charge on any atom is 0.337 e. The number of carbonyl (C=O) groups is 1. The number of methoxy groups -OCH3 is 1. The zero-order valence-corrected chi connectivity index (χ0v) is 12.1. The van der Waals surface area contributed by atoms with Crippen molar-refractivity contribution in [2.45, 2.75) is 13.8 Å². The number of phenols is 1. The number of nitrogens with zero attached hydrogens (tertiary/aromatic N) is 2. The lowest BCUT2D eigenvalue weighted by atomic mass is 10.1. The molecule has 0 atom stereocenters. The Morgan fingerprint density at radius 2 is 1.67 bits per heavy atom. The van der Waals surface area contributed by atoms with Gasteiger partial charge in [0.15, 0.2) is 0 Å². The molecule has 0 fully saturated rings. The van der Waals surface area contributed by atoms with Crippen LogP contribution in [0, 0.1) is 13.8 Å². The van der Waals surface area contributed by atoms with Crippen LogP contribution < -0.4 is 0 Å². The SMILES string of the molecule is COC(=O)c1cccc(N=Nc2cc(C)c(O)c(C)c2)c1. The van der Waals surface area contributed by atoms with E-state index in [2.05, 4.69) is 15.0 Å². The van der Waals surface area contributed by atoms with E-state index in [0.717, 1.165) is 11.1 Å². The summed E-state index contributed by atoms with van der Waals surface area (Å²) < 4.78 is 4.66. The summed E-state index contributed by atoms with van der Waals surface area (Å²) in [5.41, 5.74) is 3.11. The molecule has 108 valence electrons. The van der Waals surface area contributed by atoms with Crippen molar-refractivity contribution in [3.8, 4) is 5.75 Å². The third-order valence-corrected chi connectivity index (χ3v) is 3.02. The number of rotatable bonds is 3. The van der Waals surface area contributed by atoms with Crippen molar-refractivity contribution in [2.75, 3.05) is 7.11 Å². The first-order valence-electron chi connectivity index (χ1n) is 6.41. The fourth-order valence-electron chi connectivity index (χ4n) is 1.92. The number of esters is 1. The maximum atomic E-state index is 11.4. The van der Waals surface area contributed by atoms with Crippen LogP contribution in [-0.4, -0.2) is 18.2 Å². The summed E-state index contributed by atoms with van der Waals surface area (Å²) in [4.78, 5) is 11.4. The van der Waals surface area contributed by atoms with Gasteiger partial charge in [0, 0.05) is 0 Å². The van der Waals surface area contributed by atoms with Crippen molar-refractivity contribution in [2.24, 2.45) is 10.2 Å². The number of aromatic hydroxyl groups is 1. The van der Waals surface area contributed by atoms with E-state index in [1.165, 1.54) is 7.11 Å². The summed E-state index contributed by atoms with van der Waals surface area (Å²) in [6, 6.07) is 10.2. The molecule has 0 amide bonds. The summed E-state index contributed by atoms with van der Waals surface area (Å²) in [5.74, 6) is -0.148. The molecule has 0 aliphatic heterocycles. The second-order valence-corrected chi connectivity index (χ2v) is 4.67. The van der Waals surface area contributed by atoms with E-state index < -0.39 is 5.97 Å². The molecule has 0 spiro atoms. The Hall–Kier alpha value is -2.69. The van der Waals surface area contributed by atoms with Gasteiger partial charge in [0.05, 0.1) is 24.0 Å². The van der Waals surface area contributed by atoms with Gasteiger partial charge in [-0.1, -0.05) is 6.07 Å². The summed E-state index contributed by atoms with van der Waals surface area (Å²) in [7, 11) is 1.33. The highest BCUT2D eigenvalue weighted by Gasteiger charge is 2.05. The molecule has 0 bridgehead atoms. The maximum absolute atomic E-state index is 11.4. The van der Waals surface area contributed by atoms with Gasteiger partial charge in [-0.15, -0.1) is 0 Å². The Balaban J connectivity index is 2.27. The van der Waals surface area contributed by atoms with E-state index >= 15 is 0 Å². The van der Waals surface area contributed by atoms with Crippen LogP contribution in [-0.2, 0) is 4.74 Å². The number of aryl methyl sites for hydroxylation is 2. The average molecular weight is 284 g/mol. The van der Waals surface area contributed by atoms with Crippen LogP contribution in [0.3, 0.4) is 0 Å². The zero-order valence-electron chi connectivity index (χ0n) is 12.1. The highest BCUT2D eigenvalue weighted by atomic mass is 16.5. The molecule has 1 N–H and O–H groups in total. The minimum absolute atomic E-state index is 0.265. The number of azo groups is 1. The Morgan fingerprint density at radius 1 is 1.05 bits per heavy atom. The number of hydrogen-bond acceptors (Lipinski definition) is 5. The second-order valence-electron chi connectivity index (χ2n) is 4.67. The number of ether oxygens (including phenoxy) is 1. The van der Waals surface area contributed by atoms with Gasteiger partial charge >= 0.3 is 5.97 Å². The van der Waals surface area contributed by atoms with Crippen LogP contribution >= 0.6 is 0 Å². The van der Waals surface area contributed by atoms with E-state index in [9.17, 15) is 9.90 Å². The van der Waals surface area contributed by atoms with Crippen molar-refractivity contribution >= 4 is 17.3 Å². The van der Waals surface area contributed by atoms with Crippen LogP contribution in [0.2, 0.25) is 0 Å². The first kappa shape index (κ1) is 14.7. The molecular formula is C16H16N2O3. The van der Waals surface area contributed by atoms with Gasteiger partial charge in [0.1, 0.15) is 5.75 Å². The molecule has 0 radical (unpaired) electrons. The normalized spacial score (nSPS) is 10.8. The molecule has 2 aromatic carbocycles. The quantitative estimate of drug-likeness (QED) is 0.677. The zero-order chi connectivity index (χ0) is 15.4. The van der Waals surface area contributed by atoms with Gasteiger partial charge in [0.25, 0.3) is 0 Å². The van der Waals surface area contributed by atoms with E-state index in [-0.39, 0.29) is 5.75 Å². The molecule has 0 saturated carbocycles. The van der Waals surface area contributed by atoms with Crippen LogP contribution in [0.15, 0.2) is 46.6 Å². The average Bonchev–Trinajstić information content (AvgIpc) is 2.50. The summed E-state index contributed by atoms with van der Waals surface area (Å²) in [6.45, 7) is 3.61. The molecule has 2 aromatic rings. The van der Waals surface area contributed by atoms with Gasteiger partial charge in [-0.3, -0.25) is 0 Å². The van der Waals surface area contributed by atoms with E-state index in [1.807, 2.05) is 0 Å². The molecule has 0 aromatic heterocycles. The van der Waals surface area contributed by atoms with Crippen molar-refractivity contribution < 1.29 is 14.6 Å². The minimum Gasteiger partial charge on any atom is -0.507 e. The first-order valence-corrected chi connectivity index (χ1v) is 6.41. The summed E-state index contributed by atoms with van der Waals surface area (Å²) >= 11 is 0. The second kappa shape index (κ2) is 6.17. The van der Waals surface area contributed by atoms with Gasteiger partial charge in [-0.2, -0.15) is 10.2 Å². The smallest absolute Gasteiger partial charge is 0.337 e. The van der Waals surface area contributed by atoms with Crippen molar-refractivity contribution in [1.82, 2.24) is 0 Å². The standard InChI is InChI=1S/C16H16N2O3/c1-10-7-14(8-11(2)15(10)19)18-17-13-6-4-5-12(9-13)16(20)21-3/h4-9,19H,1-3H3. The van der Waals surface area contributed by atoms with Gasteiger partial charge < -0.3 is 9.84 Å². The van der Waals surface area contributed by atoms with E-state index in [0.29, 0.717) is 16.9 Å². The van der Waals surface area contributed by atoms with Gasteiger partial charge in [-0.05, 0) is 55.3 Å². The monoisotopic (exact) mass is 284 g/mol. The molecule has 21 heavy (non-hydrogen) atoms. The predicted molar refractivity (Wildman–Crippen MR) is 79.5 cm³/mol. The Morgan fingerprint density at radius 3 is 2.29 bits per heavy atom. The molecule has 2 rings (SSSR count). The first-order chi connectivity index (χ1) is 10.0. The van der Waals surface area contributed by atoms with Gasteiger partial charge in [-0.25, -0.2) is 4.79 Å². The van der Waals surface area contributed by atoms with Crippen molar-refractivity contribution in [3.05, 3.63) is 53.1 Å². The van der Waals surface area contributed by atoms with Crippen molar-refractivity contribution in [1.29, 1.82) is 0 Å². The highest BCUT2D eigenvalue weighted by Crippen LogP contribution is 2.28. The van der Waals surface area contributed by atoms with E-state index in [4.69, 9.17) is 0 Å². The molecule has 0 aliphatic rings. The molecular weight excluding hydrogens is 268 g/mol. The van der Waals surface area contributed by atoms with Gasteiger partial charge in [0.2, 0.25) is 0 Å². The molecule has 0 saturated heterocycles. The van der Waals surface area contributed by atoms with Crippen LogP contribution in [0.25, 0.3) is 0 Å². The number of phenolic OH excluding ortho intramolecular Hbond substituents is 1. The Bertz CT molecular complexity index is 685. The third-order valence-electron chi connectivity index (χ3n) is 3.02. The third kappa shape index (κ3) is 3.45. The van der Waals surface area contributed by atoms with Crippen LogP contribution in [0.5, 0.6) is 5.75 Å². The fourth-order valence-corrected chi connectivity index (χ4v) is 1.92.